The number of nitrogens with two attached hydrogens (primary N) is 1. The van der Waals surface area contributed by atoms with E-state index in [-0.39, 0.29) is 5.91 Å². The number of hydrogen-bond acceptors (Lipinski definition) is 1. The van der Waals surface area contributed by atoms with Gasteiger partial charge in [-0.3, -0.25) is 4.79 Å². The van der Waals surface area contributed by atoms with E-state index in [9.17, 15) is 4.79 Å². The molecule has 1 rings (SSSR count). The normalized spacial score (nSPS) is 11.4. The second-order valence-electron chi connectivity index (χ2n) is 3.05. The van der Waals surface area contributed by atoms with Crippen LogP contribution in [0.3, 0.4) is 0 Å². The van der Waals surface area contributed by atoms with Crippen molar-refractivity contribution >= 4 is 12.0 Å². The molecule has 0 aliphatic rings. The highest BCUT2D eigenvalue weighted by molar-refractivity contribution is 5.96. The van der Waals surface area contributed by atoms with E-state index in [4.69, 9.17) is 5.73 Å². The average molecular weight is 175 g/mol. The molecule has 0 fully saturated rings. The van der Waals surface area contributed by atoms with Gasteiger partial charge in [0.25, 0.3) is 0 Å². The quantitative estimate of drug-likeness (QED) is 0.685. The van der Waals surface area contributed by atoms with Crippen LogP contribution in [0.25, 0.3) is 6.08 Å². The van der Waals surface area contributed by atoms with Crippen LogP contribution in [-0.4, -0.2) is 5.91 Å². The molecule has 2 heteroatoms. The first-order valence-electron chi connectivity index (χ1n) is 4.15. The minimum absolute atomic E-state index is 0.372. The van der Waals surface area contributed by atoms with Crippen molar-refractivity contribution in [2.24, 2.45) is 5.73 Å². The van der Waals surface area contributed by atoms with Gasteiger partial charge in [-0.25, -0.2) is 0 Å². The van der Waals surface area contributed by atoms with Crippen molar-refractivity contribution in [3.63, 3.8) is 0 Å². The standard InChI is InChI=1S/C11H13NO/c1-8-5-3-4-6-10(8)7-9(2)11(12)13/h3-7H,1-2H3,(H2,12,13). The number of benzene rings is 1. The van der Waals surface area contributed by atoms with Crippen molar-refractivity contribution in [2.75, 3.05) is 0 Å². The van der Waals surface area contributed by atoms with Crippen molar-refractivity contribution in [3.05, 3.63) is 41.0 Å². The second-order valence-corrected chi connectivity index (χ2v) is 3.05. The fraction of sp³-hybridized carbons (Fsp3) is 0.182. The van der Waals surface area contributed by atoms with Gasteiger partial charge in [-0.1, -0.05) is 24.3 Å². The Morgan fingerprint density at radius 1 is 1.38 bits per heavy atom. The Bertz CT molecular complexity index is 353. The molecule has 13 heavy (non-hydrogen) atoms. The van der Waals surface area contributed by atoms with E-state index in [0.29, 0.717) is 5.57 Å². The Kier molecular flexibility index (Phi) is 2.85. The summed E-state index contributed by atoms with van der Waals surface area (Å²) in [6.45, 7) is 3.72. The summed E-state index contributed by atoms with van der Waals surface area (Å²) < 4.78 is 0. The monoisotopic (exact) mass is 175 g/mol. The number of primary amides is 1. The van der Waals surface area contributed by atoms with Crippen LogP contribution in [0.2, 0.25) is 0 Å². The van der Waals surface area contributed by atoms with E-state index >= 15 is 0 Å². The van der Waals surface area contributed by atoms with Crippen LogP contribution in [0.15, 0.2) is 29.8 Å². The van der Waals surface area contributed by atoms with Crippen molar-refractivity contribution in [3.8, 4) is 0 Å². The van der Waals surface area contributed by atoms with Gasteiger partial charge in [-0.2, -0.15) is 0 Å². The molecule has 68 valence electrons. The van der Waals surface area contributed by atoms with E-state index in [0.717, 1.165) is 11.1 Å². The molecule has 0 saturated heterocycles. The summed E-state index contributed by atoms with van der Waals surface area (Å²) in [5.41, 5.74) is 7.89. The molecule has 0 spiro atoms. The Morgan fingerprint density at radius 2 is 2.00 bits per heavy atom. The SMILES string of the molecule is CC(=Cc1ccccc1C)C(N)=O. The molecule has 0 aromatic heterocycles. The zero-order chi connectivity index (χ0) is 9.84. The molecule has 1 amide bonds. The number of carbonyl (C=O) groups excluding carboxylic acids is 1. The largest absolute Gasteiger partial charge is 0.366 e. The average Bonchev–Trinajstić information content (AvgIpc) is 2.08. The zero-order valence-electron chi connectivity index (χ0n) is 7.87. The Labute approximate surface area is 78.1 Å². The first-order chi connectivity index (χ1) is 6.11. The highest BCUT2D eigenvalue weighted by Crippen LogP contribution is 2.11. The van der Waals surface area contributed by atoms with Crippen LogP contribution >= 0.6 is 0 Å². The third kappa shape index (κ3) is 2.44. The maximum atomic E-state index is 10.8. The highest BCUT2D eigenvalue weighted by atomic mass is 16.1. The fourth-order valence-corrected chi connectivity index (χ4v) is 1.05. The maximum Gasteiger partial charge on any atom is 0.244 e. The van der Waals surface area contributed by atoms with Gasteiger partial charge in [-0.05, 0) is 31.1 Å². The summed E-state index contributed by atoms with van der Waals surface area (Å²) in [6.07, 6.45) is 1.80. The van der Waals surface area contributed by atoms with Crippen LogP contribution in [-0.2, 0) is 4.79 Å². The minimum atomic E-state index is -0.372. The smallest absolute Gasteiger partial charge is 0.244 e. The van der Waals surface area contributed by atoms with Crippen molar-refractivity contribution < 1.29 is 4.79 Å². The summed E-state index contributed by atoms with van der Waals surface area (Å²) in [4.78, 5) is 10.8. The Morgan fingerprint density at radius 3 is 2.54 bits per heavy atom. The number of amides is 1. The number of rotatable bonds is 2. The maximum absolute atomic E-state index is 10.8. The molecule has 0 radical (unpaired) electrons. The summed E-state index contributed by atoms with van der Waals surface area (Å²) in [5.74, 6) is -0.372. The van der Waals surface area contributed by atoms with E-state index in [1.54, 1.807) is 13.0 Å². The second kappa shape index (κ2) is 3.90. The molecule has 1 aromatic carbocycles. The first kappa shape index (κ1) is 9.52. The third-order valence-electron chi connectivity index (χ3n) is 1.95. The molecule has 0 saturated carbocycles. The van der Waals surface area contributed by atoms with Gasteiger partial charge >= 0.3 is 0 Å². The molecule has 2 N–H and O–H groups in total. The Hall–Kier alpha value is -1.57. The first-order valence-corrected chi connectivity index (χ1v) is 4.15. The molecule has 0 atom stereocenters. The molecule has 0 heterocycles. The molecule has 0 unspecified atom stereocenters. The predicted octanol–water partition coefficient (Wildman–Crippen LogP) is 1.88. The molecule has 0 aliphatic carbocycles. The lowest BCUT2D eigenvalue weighted by Gasteiger charge is -2.00. The predicted molar refractivity (Wildman–Crippen MR) is 54.0 cm³/mol. The Balaban J connectivity index is 3.04. The van der Waals surface area contributed by atoms with Gasteiger partial charge in [0.15, 0.2) is 0 Å². The van der Waals surface area contributed by atoms with Gasteiger partial charge in [0.1, 0.15) is 0 Å². The molecule has 1 aromatic rings. The van der Waals surface area contributed by atoms with Crippen LogP contribution < -0.4 is 5.73 Å². The minimum Gasteiger partial charge on any atom is -0.366 e. The molecule has 2 nitrogen and oxygen atoms in total. The third-order valence-corrected chi connectivity index (χ3v) is 1.95. The van der Waals surface area contributed by atoms with E-state index in [2.05, 4.69) is 0 Å². The van der Waals surface area contributed by atoms with Gasteiger partial charge in [-0.15, -0.1) is 0 Å². The molecule has 0 bridgehead atoms. The number of hydrogen-bond donors (Lipinski definition) is 1. The fourth-order valence-electron chi connectivity index (χ4n) is 1.05. The van der Waals surface area contributed by atoms with E-state index in [1.165, 1.54) is 0 Å². The van der Waals surface area contributed by atoms with Crippen LogP contribution in [0.5, 0.6) is 0 Å². The highest BCUT2D eigenvalue weighted by Gasteiger charge is 1.98. The topological polar surface area (TPSA) is 43.1 Å². The molecular weight excluding hydrogens is 162 g/mol. The van der Waals surface area contributed by atoms with Crippen molar-refractivity contribution in [1.29, 1.82) is 0 Å². The zero-order valence-corrected chi connectivity index (χ0v) is 7.87. The van der Waals surface area contributed by atoms with Crippen LogP contribution in [0, 0.1) is 6.92 Å². The lowest BCUT2D eigenvalue weighted by atomic mass is 10.1. The van der Waals surface area contributed by atoms with Gasteiger partial charge in [0, 0.05) is 5.57 Å². The van der Waals surface area contributed by atoms with Crippen molar-refractivity contribution in [2.45, 2.75) is 13.8 Å². The van der Waals surface area contributed by atoms with E-state index < -0.39 is 0 Å². The summed E-state index contributed by atoms with van der Waals surface area (Å²) in [5, 5.41) is 0. The van der Waals surface area contributed by atoms with E-state index in [1.807, 2.05) is 31.2 Å². The number of carbonyl (C=O) groups is 1. The number of aryl methyl sites for hydroxylation is 1. The molecular formula is C11H13NO. The van der Waals surface area contributed by atoms with Crippen LogP contribution in [0.1, 0.15) is 18.1 Å². The van der Waals surface area contributed by atoms with Gasteiger partial charge in [0.05, 0.1) is 0 Å². The van der Waals surface area contributed by atoms with Crippen molar-refractivity contribution in [1.82, 2.24) is 0 Å². The lowest BCUT2D eigenvalue weighted by molar-refractivity contribution is -0.114. The van der Waals surface area contributed by atoms with Crippen LogP contribution in [0.4, 0.5) is 0 Å². The summed E-state index contributed by atoms with van der Waals surface area (Å²) in [7, 11) is 0. The lowest BCUT2D eigenvalue weighted by Crippen LogP contribution is -2.11. The van der Waals surface area contributed by atoms with Gasteiger partial charge < -0.3 is 5.73 Å². The molecule has 0 aliphatic heterocycles. The summed E-state index contributed by atoms with van der Waals surface area (Å²) >= 11 is 0. The van der Waals surface area contributed by atoms with Gasteiger partial charge in [0.2, 0.25) is 5.91 Å². The summed E-state index contributed by atoms with van der Waals surface area (Å²) in [6, 6.07) is 7.86.